The molecule has 1 aliphatic rings. The van der Waals surface area contributed by atoms with Gasteiger partial charge in [-0.3, -0.25) is 9.36 Å². The Morgan fingerprint density at radius 3 is 2.52 bits per heavy atom. The fraction of sp³-hybridized carbons (Fsp3) is 0.346. The Labute approximate surface area is 201 Å². The molecule has 1 aromatic carbocycles. The van der Waals surface area contributed by atoms with Crippen LogP contribution in [0.25, 0.3) is 6.08 Å². The highest BCUT2D eigenvalue weighted by Crippen LogP contribution is 2.33. The van der Waals surface area contributed by atoms with E-state index in [4.69, 9.17) is 4.74 Å². The number of esters is 1. The summed E-state index contributed by atoms with van der Waals surface area (Å²) in [5, 5.41) is 1.95. The molecule has 0 fully saturated rings. The molecule has 2 aromatic heterocycles. The van der Waals surface area contributed by atoms with Crippen LogP contribution >= 0.6 is 22.7 Å². The molecule has 0 saturated carbocycles. The normalized spacial score (nSPS) is 16.3. The summed E-state index contributed by atoms with van der Waals surface area (Å²) in [5.74, 6) is 0.257. The average Bonchev–Trinajstić information content (AvgIpc) is 3.40. The predicted octanol–water partition coefficient (Wildman–Crippen LogP) is 4.62. The van der Waals surface area contributed by atoms with Crippen LogP contribution in [0.1, 0.15) is 62.6 Å². The molecule has 7 heteroatoms. The number of nitrogens with zero attached hydrogens (tertiary/aromatic N) is 2. The Hall–Kier alpha value is -2.77. The highest BCUT2D eigenvalue weighted by Gasteiger charge is 2.34. The van der Waals surface area contributed by atoms with Crippen LogP contribution in [0.2, 0.25) is 0 Å². The van der Waals surface area contributed by atoms with E-state index < -0.39 is 12.0 Å². The number of thiazole rings is 1. The van der Waals surface area contributed by atoms with Crippen LogP contribution < -0.4 is 14.9 Å². The zero-order valence-corrected chi connectivity index (χ0v) is 21.1. The van der Waals surface area contributed by atoms with Gasteiger partial charge < -0.3 is 4.74 Å². The smallest absolute Gasteiger partial charge is 0.338 e. The first kappa shape index (κ1) is 23.4. The molecule has 172 valence electrons. The topological polar surface area (TPSA) is 60.7 Å². The molecule has 0 amide bonds. The van der Waals surface area contributed by atoms with E-state index in [0.29, 0.717) is 33.1 Å². The lowest BCUT2D eigenvalue weighted by Crippen LogP contribution is -2.39. The fourth-order valence-electron chi connectivity index (χ4n) is 3.75. The van der Waals surface area contributed by atoms with E-state index in [1.165, 1.54) is 28.2 Å². The molecule has 0 spiro atoms. The largest absolute Gasteiger partial charge is 0.462 e. The van der Waals surface area contributed by atoms with Crippen molar-refractivity contribution in [2.24, 2.45) is 10.9 Å². The van der Waals surface area contributed by atoms with E-state index >= 15 is 0 Å². The number of ether oxygens (including phenoxy) is 1. The highest BCUT2D eigenvalue weighted by atomic mass is 32.1. The van der Waals surface area contributed by atoms with Crippen LogP contribution in [0.5, 0.6) is 0 Å². The predicted molar refractivity (Wildman–Crippen MR) is 134 cm³/mol. The average molecular weight is 481 g/mol. The monoisotopic (exact) mass is 480 g/mol. The van der Waals surface area contributed by atoms with Gasteiger partial charge in [0.15, 0.2) is 4.80 Å². The second-order valence-electron chi connectivity index (χ2n) is 8.91. The van der Waals surface area contributed by atoms with Gasteiger partial charge in [-0.15, -0.1) is 11.3 Å². The molecule has 3 aromatic rings. The van der Waals surface area contributed by atoms with Crippen LogP contribution in [0, 0.1) is 5.92 Å². The summed E-state index contributed by atoms with van der Waals surface area (Å²) >= 11 is 2.87. The molecule has 1 aliphatic heterocycles. The van der Waals surface area contributed by atoms with E-state index in [0.717, 1.165) is 10.4 Å². The summed E-state index contributed by atoms with van der Waals surface area (Å²) in [5.41, 5.74) is 3.09. The SMILES string of the molecule is CC1=C(C(=O)OCC(C)C)[C@H](c2cccs2)n2c(s/c(=C/c3ccc(C(C)C)cc3)c2=O)=N1. The number of carbonyl (C=O) groups excluding carboxylic acids is 1. The quantitative estimate of drug-likeness (QED) is 0.484. The Bertz CT molecular complexity index is 1360. The van der Waals surface area contributed by atoms with E-state index in [-0.39, 0.29) is 11.5 Å². The third-order valence-electron chi connectivity index (χ3n) is 5.50. The number of aromatic nitrogens is 1. The van der Waals surface area contributed by atoms with Gasteiger partial charge in [-0.05, 0) is 47.4 Å². The number of hydrogen-bond acceptors (Lipinski definition) is 6. The summed E-state index contributed by atoms with van der Waals surface area (Å²) in [6.07, 6.45) is 1.90. The van der Waals surface area contributed by atoms with Gasteiger partial charge in [0.25, 0.3) is 5.56 Å². The number of carbonyl (C=O) groups is 1. The number of rotatable bonds is 6. The van der Waals surface area contributed by atoms with Crippen LogP contribution in [-0.2, 0) is 9.53 Å². The van der Waals surface area contributed by atoms with E-state index in [1.807, 2.05) is 56.5 Å². The molecular weight excluding hydrogens is 452 g/mol. The van der Waals surface area contributed by atoms with Crippen molar-refractivity contribution in [3.63, 3.8) is 0 Å². The van der Waals surface area contributed by atoms with Gasteiger partial charge in [0.1, 0.15) is 6.04 Å². The summed E-state index contributed by atoms with van der Waals surface area (Å²) in [7, 11) is 0. The molecule has 0 radical (unpaired) electrons. The first-order chi connectivity index (χ1) is 15.8. The first-order valence-electron chi connectivity index (χ1n) is 11.1. The molecule has 33 heavy (non-hydrogen) atoms. The molecule has 0 saturated heterocycles. The van der Waals surface area contributed by atoms with E-state index in [9.17, 15) is 9.59 Å². The second kappa shape index (κ2) is 9.61. The molecule has 0 unspecified atom stereocenters. The minimum Gasteiger partial charge on any atom is -0.462 e. The lowest BCUT2D eigenvalue weighted by molar-refractivity contribution is -0.140. The van der Waals surface area contributed by atoms with Crippen molar-refractivity contribution >= 4 is 34.7 Å². The van der Waals surface area contributed by atoms with Crippen molar-refractivity contribution in [3.8, 4) is 0 Å². The van der Waals surface area contributed by atoms with Gasteiger partial charge in [0.2, 0.25) is 0 Å². The minimum atomic E-state index is -0.536. The van der Waals surface area contributed by atoms with E-state index in [2.05, 4.69) is 31.0 Å². The van der Waals surface area contributed by atoms with Crippen molar-refractivity contribution in [1.82, 2.24) is 4.57 Å². The molecule has 1 atom stereocenters. The minimum absolute atomic E-state index is 0.147. The maximum absolute atomic E-state index is 13.6. The van der Waals surface area contributed by atoms with Gasteiger partial charge in [-0.2, -0.15) is 0 Å². The van der Waals surface area contributed by atoms with Crippen LogP contribution in [0.3, 0.4) is 0 Å². The summed E-state index contributed by atoms with van der Waals surface area (Å²) in [4.78, 5) is 32.8. The molecule has 0 aliphatic carbocycles. The Morgan fingerprint density at radius 1 is 1.18 bits per heavy atom. The summed E-state index contributed by atoms with van der Waals surface area (Å²) in [6.45, 7) is 10.4. The van der Waals surface area contributed by atoms with Gasteiger partial charge in [0.05, 0.1) is 22.4 Å². The highest BCUT2D eigenvalue weighted by molar-refractivity contribution is 7.10. The van der Waals surface area contributed by atoms with Crippen LogP contribution in [-0.4, -0.2) is 17.1 Å². The number of thiophene rings is 1. The second-order valence-corrected chi connectivity index (χ2v) is 10.9. The molecule has 0 bridgehead atoms. The van der Waals surface area contributed by atoms with Crippen molar-refractivity contribution in [2.75, 3.05) is 6.61 Å². The molecule has 0 N–H and O–H groups in total. The van der Waals surface area contributed by atoms with Crippen molar-refractivity contribution < 1.29 is 9.53 Å². The number of benzene rings is 1. The number of allylic oxidation sites excluding steroid dienone is 1. The van der Waals surface area contributed by atoms with E-state index in [1.54, 1.807) is 4.57 Å². The Balaban J connectivity index is 1.82. The van der Waals surface area contributed by atoms with Crippen molar-refractivity contribution in [2.45, 2.75) is 46.6 Å². The summed E-state index contributed by atoms with van der Waals surface area (Å²) < 4.78 is 7.79. The number of hydrogen-bond donors (Lipinski definition) is 0. The van der Waals surface area contributed by atoms with Gasteiger partial charge >= 0.3 is 5.97 Å². The third-order valence-corrected chi connectivity index (χ3v) is 7.41. The summed E-state index contributed by atoms with van der Waals surface area (Å²) in [6, 6.07) is 11.6. The maximum Gasteiger partial charge on any atom is 0.338 e. The lowest BCUT2D eigenvalue weighted by Gasteiger charge is -2.23. The fourth-order valence-corrected chi connectivity index (χ4v) is 5.62. The molecule has 3 heterocycles. The first-order valence-corrected chi connectivity index (χ1v) is 12.8. The van der Waals surface area contributed by atoms with Gasteiger partial charge in [0, 0.05) is 4.88 Å². The van der Waals surface area contributed by atoms with Crippen LogP contribution in [0.15, 0.2) is 62.8 Å². The van der Waals surface area contributed by atoms with Crippen LogP contribution in [0.4, 0.5) is 0 Å². The lowest BCUT2D eigenvalue weighted by atomic mass is 10.0. The number of fused-ring (bicyclic) bond motifs is 1. The maximum atomic E-state index is 13.6. The van der Waals surface area contributed by atoms with Gasteiger partial charge in [-0.25, -0.2) is 9.79 Å². The zero-order valence-electron chi connectivity index (χ0n) is 19.5. The van der Waals surface area contributed by atoms with Gasteiger partial charge in [-0.1, -0.05) is 69.4 Å². The molecular formula is C26H28N2O3S2. The zero-order chi connectivity index (χ0) is 23.7. The Kier molecular flexibility index (Phi) is 6.81. The molecule has 5 nitrogen and oxygen atoms in total. The standard InChI is InChI=1S/C26H28N2O3S2/c1-15(2)14-31-25(30)22-17(5)27-26-28(23(22)20-7-6-12-32-20)24(29)21(33-26)13-18-8-10-19(11-9-18)16(3)4/h6-13,15-16,23H,14H2,1-5H3/b21-13+/t23-/m0/s1. The Morgan fingerprint density at radius 2 is 1.91 bits per heavy atom. The van der Waals surface area contributed by atoms with Crippen molar-refractivity contribution in [1.29, 1.82) is 0 Å². The molecule has 4 rings (SSSR count). The third kappa shape index (κ3) is 4.80. The van der Waals surface area contributed by atoms with Crippen molar-refractivity contribution in [3.05, 3.63) is 88.7 Å².